The van der Waals surface area contributed by atoms with Crippen LogP contribution in [0.1, 0.15) is 46.8 Å². The van der Waals surface area contributed by atoms with Crippen molar-refractivity contribution in [3.8, 4) is 5.69 Å². The summed E-state index contributed by atoms with van der Waals surface area (Å²) in [6, 6.07) is 12.8. The Labute approximate surface area is 217 Å². The lowest BCUT2D eigenvalue weighted by Crippen LogP contribution is -2.15. The van der Waals surface area contributed by atoms with Crippen molar-refractivity contribution in [1.82, 2.24) is 14.5 Å². The van der Waals surface area contributed by atoms with E-state index in [1.54, 1.807) is 36.3 Å². The number of hydrogen-bond acceptors (Lipinski definition) is 3. The van der Waals surface area contributed by atoms with Crippen LogP contribution < -0.4 is 0 Å². The largest absolute Gasteiger partial charge is 0.291 e. The van der Waals surface area contributed by atoms with Gasteiger partial charge in [-0.1, -0.05) is 58.7 Å². The molecular formula is C26H21Cl3FN3S. The normalized spacial score (nSPS) is 15.4. The molecule has 174 valence electrons. The van der Waals surface area contributed by atoms with Crippen molar-refractivity contribution >= 4 is 46.6 Å². The molecule has 0 amide bonds. The molecule has 0 spiro atoms. The number of pyridine rings is 1. The Hall–Kier alpha value is -2.05. The van der Waals surface area contributed by atoms with Gasteiger partial charge in [0.15, 0.2) is 5.16 Å². The van der Waals surface area contributed by atoms with Gasteiger partial charge in [-0.05, 0) is 67.6 Å². The smallest absolute Gasteiger partial charge is 0.173 e. The summed E-state index contributed by atoms with van der Waals surface area (Å²) in [6.07, 6.45) is 6.15. The first-order valence-electron chi connectivity index (χ1n) is 11.0. The predicted molar refractivity (Wildman–Crippen MR) is 138 cm³/mol. The van der Waals surface area contributed by atoms with Gasteiger partial charge in [-0.3, -0.25) is 9.55 Å². The number of rotatable bonds is 5. The van der Waals surface area contributed by atoms with Crippen LogP contribution in [0.5, 0.6) is 0 Å². The van der Waals surface area contributed by atoms with Crippen molar-refractivity contribution < 1.29 is 4.39 Å². The summed E-state index contributed by atoms with van der Waals surface area (Å²) < 4.78 is 15.9. The molecule has 4 aromatic rings. The second-order valence-corrected chi connectivity index (χ2v) is 10.5. The van der Waals surface area contributed by atoms with Crippen LogP contribution in [0.4, 0.5) is 4.39 Å². The summed E-state index contributed by atoms with van der Waals surface area (Å²) in [7, 11) is 0. The summed E-state index contributed by atoms with van der Waals surface area (Å²) in [5, 5.41) is 2.64. The van der Waals surface area contributed by atoms with Gasteiger partial charge in [-0.2, -0.15) is 0 Å². The Morgan fingerprint density at radius 1 is 1.03 bits per heavy atom. The molecule has 0 bridgehead atoms. The van der Waals surface area contributed by atoms with Crippen molar-refractivity contribution in [3.63, 3.8) is 0 Å². The van der Waals surface area contributed by atoms with Gasteiger partial charge in [0.1, 0.15) is 5.82 Å². The van der Waals surface area contributed by atoms with Gasteiger partial charge in [0.2, 0.25) is 0 Å². The van der Waals surface area contributed by atoms with E-state index >= 15 is 0 Å². The van der Waals surface area contributed by atoms with E-state index in [0.717, 1.165) is 57.6 Å². The molecule has 1 unspecified atom stereocenters. The highest BCUT2D eigenvalue weighted by Gasteiger charge is 2.30. The lowest BCUT2D eigenvalue weighted by Gasteiger charge is -2.25. The SMILES string of the molecule is Cc1cc(C2CCCc3nc(SCc4c(Cl)cncc4Cl)n(-c4ccc(F)cc4)c32)ccc1Cl. The fourth-order valence-corrected chi connectivity index (χ4v) is 6.33. The van der Waals surface area contributed by atoms with Gasteiger partial charge >= 0.3 is 0 Å². The van der Waals surface area contributed by atoms with Crippen LogP contribution in [0.15, 0.2) is 60.0 Å². The van der Waals surface area contributed by atoms with Crippen LogP contribution in [0.2, 0.25) is 15.1 Å². The van der Waals surface area contributed by atoms with Gasteiger partial charge < -0.3 is 0 Å². The van der Waals surface area contributed by atoms with Crippen LogP contribution in [0.25, 0.3) is 5.69 Å². The highest BCUT2D eigenvalue weighted by Crippen LogP contribution is 2.42. The summed E-state index contributed by atoms with van der Waals surface area (Å²) in [5.74, 6) is 0.439. The van der Waals surface area contributed by atoms with Gasteiger partial charge in [-0.25, -0.2) is 9.37 Å². The van der Waals surface area contributed by atoms with E-state index in [2.05, 4.69) is 21.7 Å². The molecule has 3 nitrogen and oxygen atoms in total. The van der Waals surface area contributed by atoms with Crippen molar-refractivity contribution in [1.29, 1.82) is 0 Å². The molecule has 0 aliphatic heterocycles. The maximum Gasteiger partial charge on any atom is 0.173 e. The van der Waals surface area contributed by atoms with E-state index in [-0.39, 0.29) is 11.7 Å². The van der Waals surface area contributed by atoms with Gasteiger partial charge in [0.05, 0.1) is 21.4 Å². The molecule has 1 atom stereocenters. The maximum absolute atomic E-state index is 13.8. The fourth-order valence-electron chi connectivity index (χ4n) is 4.46. The van der Waals surface area contributed by atoms with Crippen molar-refractivity contribution in [2.45, 2.75) is 43.0 Å². The minimum absolute atomic E-state index is 0.166. The first-order valence-corrected chi connectivity index (χ1v) is 13.1. The topological polar surface area (TPSA) is 30.7 Å². The standard InChI is InChI=1S/C26H21Cl3FN3S/c1-15-11-16(5-10-21(15)27)19-3-2-4-24-25(19)33(18-8-6-17(30)7-9-18)26(32-24)34-14-20-22(28)12-31-13-23(20)29/h5-13,19H,2-4,14H2,1H3. The summed E-state index contributed by atoms with van der Waals surface area (Å²) in [6.45, 7) is 2.02. The lowest BCUT2D eigenvalue weighted by molar-refractivity contribution is 0.586. The monoisotopic (exact) mass is 531 g/mol. The van der Waals surface area contributed by atoms with Crippen LogP contribution in [0, 0.1) is 12.7 Å². The molecule has 0 N–H and O–H groups in total. The number of fused-ring (bicyclic) bond motifs is 1. The zero-order valence-electron chi connectivity index (χ0n) is 18.4. The molecule has 0 saturated carbocycles. The predicted octanol–water partition coefficient (Wildman–Crippen LogP) is 8.44. The molecule has 0 radical (unpaired) electrons. The highest BCUT2D eigenvalue weighted by atomic mass is 35.5. The van der Waals surface area contributed by atoms with Gasteiger partial charge in [0, 0.05) is 40.3 Å². The molecule has 8 heteroatoms. The van der Waals surface area contributed by atoms with E-state index in [0.29, 0.717) is 15.8 Å². The van der Waals surface area contributed by atoms with Gasteiger partial charge in [0.25, 0.3) is 0 Å². The quantitative estimate of drug-likeness (QED) is 0.242. The third-order valence-electron chi connectivity index (χ3n) is 6.16. The highest BCUT2D eigenvalue weighted by molar-refractivity contribution is 7.98. The number of halogens is 4. The van der Waals surface area contributed by atoms with E-state index < -0.39 is 0 Å². The molecule has 2 heterocycles. The van der Waals surface area contributed by atoms with Gasteiger partial charge in [-0.15, -0.1) is 0 Å². The Kier molecular flexibility index (Phi) is 6.90. The van der Waals surface area contributed by atoms with Crippen LogP contribution in [0.3, 0.4) is 0 Å². The number of benzene rings is 2. The number of aryl methyl sites for hydroxylation is 2. The molecule has 0 saturated heterocycles. The minimum atomic E-state index is -0.271. The average molecular weight is 533 g/mol. The Bertz CT molecular complexity index is 1330. The molecule has 5 rings (SSSR count). The lowest BCUT2D eigenvalue weighted by atomic mass is 9.83. The van der Waals surface area contributed by atoms with E-state index in [1.165, 1.54) is 17.7 Å². The van der Waals surface area contributed by atoms with E-state index in [4.69, 9.17) is 39.8 Å². The first-order chi connectivity index (χ1) is 16.4. The Balaban J connectivity index is 1.62. The Morgan fingerprint density at radius 2 is 1.76 bits per heavy atom. The molecule has 34 heavy (non-hydrogen) atoms. The first kappa shape index (κ1) is 23.7. The number of hydrogen-bond donors (Lipinski definition) is 0. The maximum atomic E-state index is 13.8. The average Bonchev–Trinajstić information content (AvgIpc) is 3.19. The number of thioether (sulfide) groups is 1. The summed E-state index contributed by atoms with van der Waals surface area (Å²) >= 11 is 20.6. The summed E-state index contributed by atoms with van der Waals surface area (Å²) in [5.41, 5.74) is 6.18. The molecule has 2 aromatic carbocycles. The van der Waals surface area contributed by atoms with E-state index in [1.807, 2.05) is 13.0 Å². The number of nitrogens with zero attached hydrogens (tertiary/aromatic N) is 3. The molecule has 1 aliphatic carbocycles. The molecule has 0 fully saturated rings. The van der Waals surface area contributed by atoms with Crippen LogP contribution >= 0.6 is 46.6 Å². The van der Waals surface area contributed by atoms with Crippen molar-refractivity contribution in [3.05, 3.63) is 104 Å². The second-order valence-electron chi connectivity index (χ2n) is 8.36. The fraction of sp³-hybridized carbons (Fsp3) is 0.231. The van der Waals surface area contributed by atoms with Crippen molar-refractivity contribution in [2.75, 3.05) is 0 Å². The molecule has 1 aliphatic rings. The third-order valence-corrected chi connectivity index (χ3v) is 8.20. The zero-order valence-corrected chi connectivity index (χ0v) is 21.4. The van der Waals surface area contributed by atoms with Crippen LogP contribution in [-0.4, -0.2) is 14.5 Å². The van der Waals surface area contributed by atoms with E-state index in [9.17, 15) is 4.39 Å². The second kappa shape index (κ2) is 9.90. The number of aromatic nitrogens is 3. The van der Waals surface area contributed by atoms with Crippen molar-refractivity contribution in [2.24, 2.45) is 0 Å². The number of imidazole rings is 1. The molecular weight excluding hydrogens is 512 g/mol. The Morgan fingerprint density at radius 3 is 2.47 bits per heavy atom. The van der Waals surface area contributed by atoms with Crippen LogP contribution in [-0.2, 0) is 12.2 Å². The molecule has 2 aromatic heterocycles. The minimum Gasteiger partial charge on any atom is -0.291 e. The zero-order chi connectivity index (χ0) is 23.8. The summed E-state index contributed by atoms with van der Waals surface area (Å²) in [4.78, 5) is 9.09. The third kappa shape index (κ3) is 4.59.